The molecular formula is C14H11BrClN3S. The molecule has 3 nitrogen and oxygen atoms in total. The first kappa shape index (κ1) is 13.8. The highest BCUT2D eigenvalue weighted by molar-refractivity contribution is 9.11. The number of rotatable bonds is 3. The average Bonchev–Trinajstić information content (AvgIpc) is 2.85. The molecule has 2 heterocycles. The molecule has 3 aromatic rings. The number of hydrogen-bond donors (Lipinski definition) is 1. The van der Waals surface area contributed by atoms with Gasteiger partial charge in [-0.15, -0.1) is 11.3 Å². The Kier molecular flexibility index (Phi) is 3.92. The van der Waals surface area contributed by atoms with Crippen molar-refractivity contribution in [1.29, 1.82) is 0 Å². The second-order valence-electron chi connectivity index (χ2n) is 4.23. The minimum Gasteiger partial charge on any atom is -0.370 e. The van der Waals surface area contributed by atoms with E-state index in [0.29, 0.717) is 10.8 Å². The van der Waals surface area contributed by atoms with Crippen molar-refractivity contribution in [1.82, 2.24) is 9.97 Å². The predicted octanol–water partition coefficient (Wildman–Crippen LogP) is 5.21. The Balaban J connectivity index is 2.23. The number of nitrogens with one attached hydrogen (secondary N) is 1. The Morgan fingerprint density at radius 3 is 2.85 bits per heavy atom. The molecule has 3 rings (SSSR count). The normalized spacial score (nSPS) is 10.9. The predicted molar refractivity (Wildman–Crippen MR) is 89.7 cm³/mol. The fourth-order valence-electron chi connectivity index (χ4n) is 1.96. The van der Waals surface area contributed by atoms with Crippen LogP contribution in [0.1, 0.15) is 6.92 Å². The summed E-state index contributed by atoms with van der Waals surface area (Å²) in [5.74, 6) is 1.55. The van der Waals surface area contributed by atoms with Gasteiger partial charge in [0.05, 0.1) is 9.30 Å². The molecule has 0 atom stereocenters. The maximum atomic E-state index is 6.06. The third kappa shape index (κ3) is 2.66. The summed E-state index contributed by atoms with van der Waals surface area (Å²) in [5.41, 5.74) is 1.85. The minimum absolute atomic E-state index is 0.677. The van der Waals surface area contributed by atoms with Crippen molar-refractivity contribution in [3.05, 3.63) is 38.5 Å². The lowest BCUT2D eigenvalue weighted by atomic mass is 10.2. The zero-order valence-electron chi connectivity index (χ0n) is 10.7. The number of nitrogens with zero attached hydrogens (tertiary/aromatic N) is 2. The molecule has 0 aliphatic rings. The van der Waals surface area contributed by atoms with E-state index < -0.39 is 0 Å². The summed E-state index contributed by atoms with van der Waals surface area (Å²) in [5, 5.41) is 6.98. The fourth-order valence-corrected chi connectivity index (χ4v) is 3.26. The highest BCUT2D eigenvalue weighted by Gasteiger charge is 2.10. The monoisotopic (exact) mass is 367 g/mol. The van der Waals surface area contributed by atoms with Crippen LogP contribution in [0.3, 0.4) is 0 Å². The molecule has 0 unspecified atom stereocenters. The van der Waals surface area contributed by atoms with Gasteiger partial charge in [-0.05, 0) is 47.1 Å². The Labute approximate surface area is 134 Å². The first-order chi connectivity index (χ1) is 9.67. The van der Waals surface area contributed by atoms with Gasteiger partial charge >= 0.3 is 0 Å². The topological polar surface area (TPSA) is 37.8 Å². The molecule has 1 N–H and O–H groups in total. The van der Waals surface area contributed by atoms with Crippen molar-refractivity contribution < 1.29 is 0 Å². The van der Waals surface area contributed by atoms with Crippen LogP contribution >= 0.6 is 38.9 Å². The SMILES string of the molecule is CCNc1nc(-c2csc(Br)c2)nc2cc(Cl)ccc12. The summed E-state index contributed by atoms with van der Waals surface area (Å²) in [6.07, 6.45) is 0. The quantitative estimate of drug-likeness (QED) is 0.690. The average molecular weight is 369 g/mol. The molecular weight excluding hydrogens is 358 g/mol. The lowest BCUT2D eigenvalue weighted by molar-refractivity contribution is 1.15. The molecule has 20 heavy (non-hydrogen) atoms. The highest BCUT2D eigenvalue weighted by Crippen LogP contribution is 2.30. The number of hydrogen-bond acceptors (Lipinski definition) is 4. The molecule has 0 saturated carbocycles. The van der Waals surface area contributed by atoms with Crippen molar-refractivity contribution in [2.75, 3.05) is 11.9 Å². The van der Waals surface area contributed by atoms with E-state index in [1.165, 1.54) is 0 Å². The maximum absolute atomic E-state index is 6.06. The standard InChI is InChI=1S/C14H11BrClN3S/c1-2-17-14-10-4-3-9(16)6-11(10)18-13(19-14)8-5-12(15)20-7-8/h3-7H,2H2,1H3,(H,17,18,19). The molecule has 2 aromatic heterocycles. The number of aromatic nitrogens is 2. The molecule has 1 aromatic carbocycles. The van der Waals surface area contributed by atoms with E-state index in [0.717, 1.165) is 32.6 Å². The van der Waals surface area contributed by atoms with Crippen molar-refractivity contribution in [3.63, 3.8) is 0 Å². The second kappa shape index (κ2) is 5.68. The molecule has 6 heteroatoms. The van der Waals surface area contributed by atoms with E-state index in [9.17, 15) is 0 Å². The van der Waals surface area contributed by atoms with Crippen LogP contribution in [-0.4, -0.2) is 16.5 Å². The molecule has 0 spiro atoms. The summed E-state index contributed by atoms with van der Waals surface area (Å²) < 4.78 is 1.06. The lowest BCUT2D eigenvalue weighted by Crippen LogP contribution is -2.02. The lowest BCUT2D eigenvalue weighted by Gasteiger charge is -2.09. The van der Waals surface area contributed by atoms with E-state index in [-0.39, 0.29) is 0 Å². The van der Waals surface area contributed by atoms with Crippen LogP contribution in [-0.2, 0) is 0 Å². The first-order valence-electron chi connectivity index (χ1n) is 6.13. The smallest absolute Gasteiger partial charge is 0.163 e. The Hall–Kier alpha value is -1.17. The Morgan fingerprint density at radius 2 is 2.15 bits per heavy atom. The van der Waals surface area contributed by atoms with Crippen LogP contribution in [0.5, 0.6) is 0 Å². The van der Waals surface area contributed by atoms with Gasteiger partial charge in [-0.1, -0.05) is 11.6 Å². The van der Waals surface area contributed by atoms with Crippen LogP contribution < -0.4 is 5.32 Å². The third-order valence-corrected chi connectivity index (χ3v) is 4.57. The summed E-state index contributed by atoms with van der Waals surface area (Å²) in [7, 11) is 0. The van der Waals surface area contributed by atoms with Gasteiger partial charge in [0.2, 0.25) is 0 Å². The number of halogens is 2. The van der Waals surface area contributed by atoms with E-state index in [1.54, 1.807) is 11.3 Å². The minimum atomic E-state index is 0.677. The molecule has 0 aliphatic heterocycles. The number of thiophene rings is 1. The fraction of sp³-hybridized carbons (Fsp3) is 0.143. The van der Waals surface area contributed by atoms with Gasteiger partial charge in [-0.3, -0.25) is 0 Å². The highest BCUT2D eigenvalue weighted by atomic mass is 79.9. The molecule has 102 valence electrons. The van der Waals surface area contributed by atoms with Crippen LogP contribution in [0.15, 0.2) is 33.4 Å². The molecule has 0 amide bonds. The molecule has 0 fully saturated rings. The van der Waals surface area contributed by atoms with Gasteiger partial charge in [0.1, 0.15) is 5.82 Å². The molecule has 0 aliphatic carbocycles. The van der Waals surface area contributed by atoms with Crippen molar-refractivity contribution >= 4 is 55.6 Å². The van der Waals surface area contributed by atoms with Gasteiger partial charge in [0.25, 0.3) is 0 Å². The van der Waals surface area contributed by atoms with Crippen molar-refractivity contribution in [3.8, 4) is 11.4 Å². The van der Waals surface area contributed by atoms with E-state index in [1.807, 2.05) is 36.6 Å². The summed E-state index contributed by atoms with van der Waals surface area (Å²) in [6.45, 7) is 2.85. The van der Waals surface area contributed by atoms with Crippen LogP contribution in [0.4, 0.5) is 5.82 Å². The first-order valence-corrected chi connectivity index (χ1v) is 8.18. The van der Waals surface area contributed by atoms with E-state index in [4.69, 9.17) is 11.6 Å². The number of fused-ring (bicyclic) bond motifs is 1. The van der Waals surface area contributed by atoms with Crippen molar-refractivity contribution in [2.24, 2.45) is 0 Å². The van der Waals surface area contributed by atoms with Gasteiger partial charge in [0, 0.05) is 27.9 Å². The second-order valence-corrected chi connectivity index (χ2v) is 6.95. The summed E-state index contributed by atoms with van der Waals surface area (Å²) in [4.78, 5) is 9.24. The van der Waals surface area contributed by atoms with Crippen LogP contribution in [0, 0.1) is 0 Å². The van der Waals surface area contributed by atoms with E-state index in [2.05, 4.69) is 31.2 Å². The van der Waals surface area contributed by atoms with E-state index >= 15 is 0 Å². The molecule has 0 bridgehead atoms. The van der Waals surface area contributed by atoms with Crippen molar-refractivity contribution in [2.45, 2.75) is 6.92 Å². The van der Waals surface area contributed by atoms with Crippen LogP contribution in [0.25, 0.3) is 22.3 Å². The third-order valence-electron chi connectivity index (χ3n) is 2.83. The number of benzene rings is 1. The largest absolute Gasteiger partial charge is 0.370 e. The molecule has 0 saturated heterocycles. The summed E-state index contributed by atoms with van der Waals surface area (Å²) >= 11 is 11.1. The number of anilines is 1. The molecule has 0 radical (unpaired) electrons. The van der Waals surface area contributed by atoms with Crippen LogP contribution in [0.2, 0.25) is 5.02 Å². The van der Waals surface area contributed by atoms with Gasteiger partial charge in [-0.2, -0.15) is 0 Å². The maximum Gasteiger partial charge on any atom is 0.163 e. The van der Waals surface area contributed by atoms with Gasteiger partial charge < -0.3 is 5.32 Å². The zero-order valence-corrected chi connectivity index (χ0v) is 13.8. The summed E-state index contributed by atoms with van der Waals surface area (Å²) in [6, 6.07) is 7.69. The Bertz CT molecular complexity index is 772. The Morgan fingerprint density at radius 1 is 1.30 bits per heavy atom. The van der Waals surface area contributed by atoms with Gasteiger partial charge in [0.15, 0.2) is 5.82 Å². The zero-order chi connectivity index (χ0) is 14.1. The van der Waals surface area contributed by atoms with Gasteiger partial charge in [-0.25, -0.2) is 9.97 Å².